The lowest BCUT2D eigenvalue weighted by molar-refractivity contribution is -0.120. The second-order valence-corrected chi connectivity index (χ2v) is 4.58. The molecule has 19 heavy (non-hydrogen) atoms. The Morgan fingerprint density at radius 2 is 2.21 bits per heavy atom. The van der Waals surface area contributed by atoms with Crippen LogP contribution in [0.5, 0.6) is 0 Å². The van der Waals surface area contributed by atoms with E-state index in [2.05, 4.69) is 10.4 Å². The Hall–Kier alpha value is -2.05. The number of hydrogen-bond acceptors (Lipinski definition) is 4. The molecule has 0 aromatic carbocycles. The summed E-state index contributed by atoms with van der Waals surface area (Å²) in [5.74, 6) is -0.189. The first-order valence-corrected chi connectivity index (χ1v) is 6.42. The molecule has 1 aliphatic rings. The molecule has 1 fully saturated rings. The van der Waals surface area contributed by atoms with Crippen LogP contribution in [0.15, 0.2) is 0 Å². The van der Waals surface area contributed by atoms with Gasteiger partial charge in [-0.25, -0.2) is 0 Å². The summed E-state index contributed by atoms with van der Waals surface area (Å²) in [4.78, 5) is 25.4. The second-order valence-electron chi connectivity index (χ2n) is 4.58. The Balaban J connectivity index is 2.24. The maximum atomic E-state index is 12.5. The van der Waals surface area contributed by atoms with Gasteiger partial charge in [-0.1, -0.05) is 6.92 Å². The van der Waals surface area contributed by atoms with E-state index in [1.807, 2.05) is 6.92 Å². The lowest BCUT2D eigenvalue weighted by Gasteiger charge is -2.19. The smallest absolute Gasteiger partial charge is 0.274 e. The molecule has 0 aliphatic carbocycles. The van der Waals surface area contributed by atoms with E-state index in [9.17, 15) is 9.59 Å². The monoisotopic (exact) mass is 265 g/mol. The Morgan fingerprint density at radius 3 is 2.84 bits per heavy atom. The third-order valence-electron chi connectivity index (χ3n) is 3.30. The van der Waals surface area contributed by atoms with Crippen LogP contribution < -0.4 is 11.1 Å². The molecule has 0 saturated carbocycles. The summed E-state index contributed by atoms with van der Waals surface area (Å²) >= 11 is 0. The van der Waals surface area contributed by atoms with Crippen molar-refractivity contribution in [3.63, 3.8) is 0 Å². The van der Waals surface area contributed by atoms with E-state index in [1.54, 1.807) is 11.9 Å². The van der Waals surface area contributed by atoms with Crippen LogP contribution in [0.3, 0.4) is 0 Å². The maximum absolute atomic E-state index is 12.5. The van der Waals surface area contributed by atoms with E-state index in [-0.39, 0.29) is 11.8 Å². The minimum absolute atomic E-state index is 0.0254. The zero-order chi connectivity index (χ0) is 14.0. The number of rotatable bonds is 2. The highest BCUT2D eigenvalue weighted by Gasteiger charge is 2.25. The molecule has 0 bridgehead atoms. The van der Waals surface area contributed by atoms with Crippen molar-refractivity contribution >= 4 is 17.5 Å². The topological polar surface area (TPSA) is 93.2 Å². The van der Waals surface area contributed by atoms with Gasteiger partial charge in [0.25, 0.3) is 5.91 Å². The molecule has 2 heterocycles. The van der Waals surface area contributed by atoms with Crippen molar-refractivity contribution < 1.29 is 9.59 Å². The van der Waals surface area contributed by atoms with E-state index >= 15 is 0 Å². The average molecular weight is 265 g/mol. The number of anilines is 1. The van der Waals surface area contributed by atoms with Gasteiger partial charge in [-0.15, -0.1) is 0 Å². The number of carbonyl (C=O) groups excluding carboxylic acids is 2. The normalized spacial score (nSPS) is 16.1. The summed E-state index contributed by atoms with van der Waals surface area (Å²) in [6, 6.07) is 0. The largest absolute Gasteiger partial charge is 0.395 e. The predicted molar refractivity (Wildman–Crippen MR) is 70.5 cm³/mol. The van der Waals surface area contributed by atoms with Gasteiger partial charge in [0.05, 0.1) is 11.4 Å². The number of hydrogen-bond donors (Lipinski definition) is 2. The lowest BCUT2D eigenvalue weighted by Crippen LogP contribution is -2.35. The first kappa shape index (κ1) is 13.4. The van der Waals surface area contributed by atoms with Gasteiger partial charge in [-0.2, -0.15) is 5.10 Å². The van der Waals surface area contributed by atoms with Gasteiger partial charge >= 0.3 is 0 Å². The number of amides is 2. The molecule has 2 amide bonds. The van der Waals surface area contributed by atoms with Crippen LogP contribution in [-0.4, -0.2) is 46.1 Å². The quantitative estimate of drug-likeness (QED) is 0.755. The van der Waals surface area contributed by atoms with E-state index in [0.717, 1.165) is 5.69 Å². The van der Waals surface area contributed by atoms with E-state index < -0.39 is 0 Å². The third kappa shape index (κ3) is 2.54. The molecule has 1 aliphatic heterocycles. The molecule has 0 spiro atoms. The van der Waals surface area contributed by atoms with Crippen molar-refractivity contribution in [2.45, 2.75) is 19.8 Å². The molecule has 7 nitrogen and oxygen atoms in total. The van der Waals surface area contributed by atoms with Crippen LogP contribution in [0.4, 0.5) is 5.69 Å². The average Bonchev–Trinajstić information content (AvgIpc) is 2.54. The maximum Gasteiger partial charge on any atom is 0.274 e. The number of nitrogens with one attached hydrogen (secondary N) is 1. The highest BCUT2D eigenvalue weighted by molar-refractivity contribution is 5.98. The number of nitrogens with two attached hydrogens (primary N) is 1. The summed E-state index contributed by atoms with van der Waals surface area (Å²) in [5.41, 5.74) is 7.56. The van der Waals surface area contributed by atoms with Gasteiger partial charge < -0.3 is 16.0 Å². The number of aromatic nitrogens is 2. The van der Waals surface area contributed by atoms with Crippen molar-refractivity contribution in [1.82, 2.24) is 20.0 Å². The molecule has 3 N–H and O–H groups in total. The van der Waals surface area contributed by atoms with Gasteiger partial charge in [-0.3, -0.25) is 14.3 Å². The minimum Gasteiger partial charge on any atom is -0.395 e. The number of nitrogen functional groups attached to an aromatic ring is 1. The second kappa shape index (κ2) is 5.29. The molecule has 1 aromatic rings. The Kier molecular flexibility index (Phi) is 3.73. The molecule has 0 atom stereocenters. The summed E-state index contributed by atoms with van der Waals surface area (Å²) in [5, 5.41) is 6.98. The van der Waals surface area contributed by atoms with Crippen LogP contribution in [0.1, 0.15) is 29.5 Å². The molecule has 0 radical (unpaired) electrons. The van der Waals surface area contributed by atoms with E-state index in [4.69, 9.17) is 5.73 Å². The highest BCUT2D eigenvalue weighted by atomic mass is 16.2. The van der Waals surface area contributed by atoms with Gasteiger partial charge in [0, 0.05) is 33.1 Å². The van der Waals surface area contributed by atoms with Crippen molar-refractivity contribution in [1.29, 1.82) is 0 Å². The highest BCUT2D eigenvalue weighted by Crippen LogP contribution is 2.19. The Morgan fingerprint density at radius 1 is 1.47 bits per heavy atom. The van der Waals surface area contributed by atoms with Crippen molar-refractivity contribution in [3.8, 4) is 0 Å². The molecule has 1 aromatic heterocycles. The Bertz CT molecular complexity index is 508. The number of nitrogens with zero attached hydrogens (tertiary/aromatic N) is 3. The molecule has 7 heteroatoms. The summed E-state index contributed by atoms with van der Waals surface area (Å²) in [7, 11) is 1.71. The zero-order valence-electron chi connectivity index (χ0n) is 11.3. The van der Waals surface area contributed by atoms with Crippen molar-refractivity contribution in [2.24, 2.45) is 7.05 Å². The summed E-state index contributed by atoms with van der Waals surface area (Å²) in [6.45, 7) is 3.33. The SMILES string of the molecule is CCc1nn(C)c(C(=O)N2CCNC(=O)CC2)c1N. The van der Waals surface area contributed by atoms with Gasteiger partial charge in [0.1, 0.15) is 5.69 Å². The van der Waals surface area contributed by atoms with Gasteiger partial charge in [-0.05, 0) is 6.42 Å². The number of carbonyl (C=O) groups is 2. The number of aryl methyl sites for hydroxylation is 2. The first-order chi connectivity index (χ1) is 9.04. The Labute approximate surface area is 111 Å². The first-order valence-electron chi connectivity index (χ1n) is 6.42. The van der Waals surface area contributed by atoms with Crippen LogP contribution in [0.25, 0.3) is 0 Å². The standard InChI is InChI=1S/C12H19N5O2/c1-3-8-10(13)11(16(2)15-8)12(19)17-6-4-9(18)14-5-7-17/h3-7,13H2,1-2H3,(H,14,18). The van der Waals surface area contributed by atoms with Crippen molar-refractivity contribution in [3.05, 3.63) is 11.4 Å². The van der Waals surface area contributed by atoms with Crippen LogP contribution >= 0.6 is 0 Å². The van der Waals surface area contributed by atoms with E-state index in [1.165, 1.54) is 4.68 Å². The predicted octanol–water partition coefficient (Wildman–Crippen LogP) is -0.473. The summed E-state index contributed by atoms with van der Waals surface area (Å²) < 4.78 is 1.52. The molecule has 2 rings (SSSR count). The van der Waals surface area contributed by atoms with Crippen molar-refractivity contribution in [2.75, 3.05) is 25.4 Å². The van der Waals surface area contributed by atoms with Crippen LogP contribution in [0, 0.1) is 0 Å². The fraction of sp³-hybridized carbons (Fsp3) is 0.583. The zero-order valence-corrected chi connectivity index (χ0v) is 11.3. The lowest BCUT2D eigenvalue weighted by atomic mass is 10.2. The molecule has 104 valence electrons. The third-order valence-corrected chi connectivity index (χ3v) is 3.30. The molecular weight excluding hydrogens is 246 g/mol. The van der Waals surface area contributed by atoms with E-state index in [0.29, 0.717) is 43.9 Å². The van der Waals surface area contributed by atoms with Gasteiger partial charge in [0.15, 0.2) is 0 Å². The molecule has 1 saturated heterocycles. The van der Waals surface area contributed by atoms with Gasteiger partial charge in [0.2, 0.25) is 5.91 Å². The van der Waals surface area contributed by atoms with Crippen LogP contribution in [0.2, 0.25) is 0 Å². The minimum atomic E-state index is -0.163. The fourth-order valence-corrected chi connectivity index (χ4v) is 2.23. The summed E-state index contributed by atoms with van der Waals surface area (Å²) in [6.07, 6.45) is 1.01. The fourth-order valence-electron chi connectivity index (χ4n) is 2.23. The van der Waals surface area contributed by atoms with Crippen LogP contribution in [-0.2, 0) is 18.3 Å². The molecular formula is C12H19N5O2. The molecule has 0 unspecified atom stereocenters.